The maximum absolute atomic E-state index is 13.6. The number of nitrogens with zero attached hydrogens (tertiary/aromatic N) is 3. The molecule has 1 saturated heterocycles. The van der Waals surface area contributed by atoms with Gasteiger partial charge in [0, 0.05) is 36.4 Å². The van der Waals surface area contributed by atoms with Gasteiger partial charge in [-0.15, -0.1) is 11.3 Å². The molecule has 240 valence electrons. The highest BCUT2D eigenvalue weighted by Crippen LogP contribution is 2.39. The van der Waals surface area contributed by atoms with Crippen molar-refractivity contribution in [1.29, 1.82) is 0 Å². The second-order valence-corrected chi connectivity index (χ2v) is 12.5. The standard InChI is InChI=1S/C33H35N5O7S/c1-18-24-15-34-32(42)25-14-23(36-30(40)10-7-22-17-46-19(2)35-22)16-38(25)31(41)11-5-20-4-8-26(39)28(12-20)45-29-13-21(33(37-24)44-18)6-9-27(29)43-3/h4,6,8-9,12-13,17,23,25,39H,5,7,10-11,14-16H2,1-3H3,(H,34,42)(H,36,40)/t23-,25-/m0/s1. The van der Waals surface area contributed by atoms with E-state index in [1.165, 1.54) is 13.2 Å². The number of phenolic OH excluding ortho intramolecular Hbond substituents is 1. The van der Waals surface area contributed by atoms with Crippen molar-refractivity contribution in [2.24, 2.45) is 0 Å². The summed E-state index contributed by atoms with van der Waals surface area (Å²) in [5.41, 5.74) is 2.78. The molecule has 2 atom stereocenters. The number of ether oxygens (including phenoxy) is 2. The molecule has 2 aromatic heterocycles. The average Bonchev–Trinajstić information content (AvgIpc) is 3.76. The van der Waals surface area contributed by atoms with Crippen LogP contribution in [-0.2, 0) is 33.8 Å². The normalized spacial score (nSPS) is 18.2. The van der Waals surface area contributed by atoms with Crippen molar-refractivity contribution in [3.63, 3.8) is 0 Å². The second-order valence-electron chi connectivity index (χ2n) is 11.4. The lowest BCUT2D eigenvalue weighted by atomic mass is 10.1. The molecule has 13 heteroatoms. The van der Waals surface area contributed by atoms with Gasteiger partial charge in [-0.3, -0.25) is 14.4 Å². The summed E-state index contributed by atoms with van der Waals surface area (Å²) < 4.78 is 17.5. The number of hydrogen-bond donors (Lipinski definition) is 3. The summed E-state index contributed by atoms with van der Waals surface area (Å²) in [6.07, 6.45) is 1.52. The SMILES string of the molecule is COc1ccc2cc1Oc1cc(ccc1O)CCC(=O)N1C[C@@H](NC(=O)CCc3csc(C)n3)C[C@H]1C(=O)NCc1nc-2oc1C. The number of oxazole rings is 1. The first-order valence-electron chi connectivity index (χ1n) is 15.1. The molecule has 0 spiro atoms. The molecule has 0 unspecified atom stereocenters. The average molecular weight is 646 g/mol. The first-order valence-corrected chi connectivity index (χ1v) is 16.0. The Labute approximate surface area is 269 Å². The van der Waals surface area contributed by atoms with Gasteiger partial charge in [0.15, 0.2) is 23.0 Å². The Morgan fingerprint density at radius 3 is 2.78 bits per heavy atom. The van der Waals surface area contributed by atoms with Crippen molar-refractivity contribution in [3.8, 4) is 34.5 Å². The number of rotatable bonds is 5. The summed E-state index contributed by atoms with van der Waals surface area (Å²) in [7, 11) is 1.52. The maximum Gasteiger partial charge on any atom is 0.243 e. The van der Waals surface area contributed by atoms with E-state index in [1.54, 1.807) is 53.5 Å². The fourth-order valence-corrected chi connectivity index (χ4v) is 6.38. The molecule has 2 aromatic carbocycles. The minimum Gasteiger partial charge on any atom is -0.504 e. The molecule has 0 saturated carbocycles. The van der Waals surface area contributed by atoms with Crippen LogP contribution >= 0.6 is 11.3 Å². The molecule has 0 aliphatic carbocycles. The van der Waals surface area contributed by atoms with Gasteiger partial charge in [-0.2, -0.15) is 0 Å². The molecule has 6 rings (SSSR count). The first kappa shape index (κ1) is 31.1. The summed E-state index contributed by atoms with van der Waals surface area (Å²) in [5.74, 6) is 1.03. The van der Waals surface area contributed by atoms with Gasteiger partial charge < -0.3 is 34.5 Å². The summed E-state index contributed by atoms with van der Waals surface area (Å²) in [6.45, 7) is 3.99. The van der Waals surface area contributed by atoms with Gasteiger partial charge in [-0.1, -0.05) is 6.07 Å². The fourth-order valence-electron chi connectivity index (χ4n) is 5.73. The molecule has 4 heterocycles. The first-order chi connectivity index (χ1) is 22.2. The highest BCUT2D eigenvalue weighted by Gasteiger charge is 2.40. The van der Waals surface area contributed by atoms with Crippen LogP contribution in [0.4, 0.5) is 0 Å². The maximum atomic E-state index is 13.6. The van der Waals surface area contributed by atoms with Gasteiger partial charge in [0.05, 0.1) is 24.4 Å². The van der Waals surface area contributed by atoms with Gasteiger partial charge in [0.2, 0.25) is 23.6 Å². The zero-order valence-corrected chi connectivity index (χ0v) is 26.6. The zero-order valence-electron chi connectivity index (χ0n) is 25.8. The number of hydrogen-bond acceptors (Lipinski definition) is 10. The van der Waals surface area contributed by atoms with Crippen molar-refractivity contribution < 1.29 is 33.4 Å². The minimum absolute atomic E-state index is 0.0778. The van der Waals surface area contributed by atoms with Gasteiger partial charge in [0.25, 0.3) is 0 Å². The number of nitrogens with one attached hydrogen (secondary N) is 2. The third-order valence-corrected chi connectivity index (χ3v) is 8.99. The van der Waals surface area contributed by atoms with Crippen LogP contribution in [0.2, 0.25) is 0 Å². The van der Waals surface area contributed by atoms with Crippen molar-refractivity contribution in [2.75, 3.05) is 13.7 Å². The van der Waals surface area contributed by atoms with Crippen molar-refractivity contribution in [1.82, 2.24) is 25.5 Å². The highest BCUT2D eigenvalue weighted by molar-refractivity contribution is 7.09. The van der Waals surface area contributed by atoms with Crippen LogP contribution in [0.25, 0.3) is 11.5 Å². The van der Waals surface area contributed by atoms with E-state index >= 15 is 0 Å². The number of carbonyl (C=O) groups is 3. The van der Waals surface area contributed by atoms with Gasteiger partial charge in [0.1, 0.15) is 17.5 Å². The molecule has 2 aliphatic rings. The number of fused-ring (bicyclic) bond motifs is 8. The number of methoxy groups -OCH3 is 1. The molecule has 3 N–H and O–H groups in total. The number of phenols is 1. The molecule has 2 aliphatic heterocycles. The van der Waals surface area contributed by atoms with Crippen LogP contribution in [0.1, 0.15) is 47.0 Å². The van der Waals surface area contributed by atoms with E-state index in [0.29, 0.717) is 47.2 Å². The molecule has 3 amide bonds. The summed E-state index contributed by atoms with van der Waals surface area (Å²) in [4.78, 5) is 50.6. The lowest BCUT2D eigenvalue weighted by molar-refractivity contribution is -0.138. The number of thiazole rings is 1. The molecular formula is C33H35N5O7S. The number of aromatic nitrogens is 2. The third kappa shape index (κ3) is 6.84. The number of carbonyl (C=O) groups excluding carboxylic acids is 3. The van der Waals surface area contributed by atoms with E-state index in [4.69, 9.17) is 13.9 Å². The van der Waals surface area contributed by atoms with Crippen LogP contribution in [0.5, 0.6) is 23.0 Å². The zero-order chi connectivity index (χ0) is 32.4. The highest BCUT2D eigenvalue weighted by atomic mass is 32.1. The minimum atomic E-state index is -0.771. The van der Waals surface area contributed by atoms with E-state index in [2.05, 4.69) is 20.6 Å². The lowest BCUT2D eigenvalue weighted by Crippen LogP contribution is -2.46. The van der Waals surface area contributed by atoms with Crippen molar-refractivity contribution >= 4 is 29.1 Å². The summed E-state index contributed by atoms with van der Waals surface area (Å²) in [6, 6.07) is 8.95. The Kier molecular flexibility index (Phi) is 8.93. The van der Waals surface area contributed by atoms with E-state index in [-0.39, 0.29) is 67.6 Å². The molecule has 4 aromatic rings. The van der Waals surface area contributed by atoms with Gasteiger partial charge in [-0.05, 0) is 69.0 Å². The predicted molar refractivity (Wildman–Crippen MR) is 169 cm³/mol. The van der Waals surface area contributed by atoms with Crippen molar-refractivity contribution in [3.05, 3.63) is 69.5 Å². The molecule has 0 radical (unpaired) electrons. The topological polar surface area (TPSA) is 156 Å². The van der Waals surface area contributed by atoms with Crippen molar-refractivity contribution in [2.45, 2.75) is 64.6 Å². The molecule has 1 fully saturated rings. The van der Waals surface area contributed by atoms with Crippen LogP contribution in [0, 0.1) is 13.8 Å². The smallest absolute Gasteiger partial charge is 0.243 e. The monoisotopic (exact) mass is 645 g/mol. The number of amides is 3. The largest absolute Gasteiger partial charge is 0.504 e. The predicted octanol–water partition coefficient (Wildman–Crippen LogP) is 4.20. The van der Waals surface area contributed by atoms with E-state index in [1.807, 2.05) is 12.3 Å². The van der Waals surface area contributed by atoms with Crippen LogP contribution in [0.15, 0.2) is 46.2 Å². The Morgan fingerprint density at radius 2 is 2.00 bits per heavy atom. The summed E-state index contributed by atoms with van der Waals surface area (Å²) in [5, 5.41) is 19.4. The molecular weight excluding hydrogens is 610 g/mol. The van der Waals surface area contributed by atoms with Crippen LogP contribution in [-0.4, -0.2) is 63.4 Å². The fraction of sp³-hybridized carbons (Fsp3) is 0.364. The molecule has 6 bridgehead atoms. The van der Waals surface area contributed by atoms with E-state index < -0.39 is 6.04 Å². The number of benzene rings is 2. The van der Waals surface area contributed by atoms with Crippen LogP contribution < -0.4 is 20.1 Å². The quantitative estimate of drug-likeness (QED) is 0.290. The summed E-state index contributed by atoms with van der Waals surface area (Å²) >= 11 is 1.54. The van der Waals surface area contributed by atoms with Gasteiger partial charge >= 0.3 is 0 Å². The Morgan fingerprint density at radius 1 is 1.15 bits per heavy atom. The van der Waals surface area contributed by atoms with E-state index in [9.17, 15) is 19.5 Å². The number of aryl methyl sites for hydroxylation is 4. The van der Waals surface area contributed by atoms with E-state index in [0.717, 1.165) is 16.3 Å². The Hall–Kier alpha value is -4.91. The Bertz CT molecular complexity index is 1780. The van der Waals surface area contributed by atoms with Crippen LogP contribution in [0.3, 0.4) is 0 Å². The third-order valence-electron chi connectivity index (χ3n) is 8.17. The second kappa shape index (κ2) is 13.2. The lowest BCUT2D eigenvalue weighted by Gasteiger charge is -2.24. The number of aromatic hydroxyl groups is 1. The Balaban J connectivity index is 1.25. The van der Waals surface area contributed by atoms with Gasteiger partial charge in [-0.25, -0.2) is 9.97 Å². The molecule has 12 nitrogen and oxygen atoms in total. The molecule has 46 heavy (non-hydrogen) atoms.